The molecule has 0 aliphatic heterocycles. The summed E-state index contributed by atoms with van der Waals surface area (Å²) in [6, 6.07) is 0. The Bertz CT molecular complexity index is 126. The molecule has 0 aromatic heterocycles. The first-order valence-electron chi connectivity index (χ1n) is 4.89. The first kappa shape index (κ1) is 9.09. The van der Waals surface area contributed by atoms with Gasteiger partial charge in [0.15, 0.2) is 0 Å². The second kappa shape index (κ2) is 2.50. The molecule has 66 valence electrons. The van der Waals surface area contributed by atoms with Gasteiger partial charge in [0.25, 0.3) is 0 Å². The Labute approximate surface area is 71.4 Å². The second-order valence-electron chi connectivity index (χ2n) is 5.36. The molecule has 1 aliphatic carbocycles. The molecule has 0 unspecified atom stereocenters. The molecule has 1 rings (SSSR count). The highest BCUT2D eigenvalue weighted by Gasteiger charge is 2.59. The minimum absolute atomic E-state index is 0.627. The molecule has 0 nitrogen and oxygen atoms in total. The van der Waals surface area contributed by atoms with Gasteiger partial charge in [0.05, 0.1) is 0 Å². The lowest BCUT2D eigenvalue weighted by atomic mass is 10.0. The molecular formula is C11H22. The Morgan fingerprint density at radius 2 is 1.09 bits per heavy atom. The predicted octanol–water partition coefficient (Wildman–Crippen LogP) is 3.57. The summed E-state index contributed by atoms with van der Waals surface area (Å²) in [7, 11) is 0. The van der Waals surface area contributed by atoms with Gasteiger partial charge >= 0.3 is 0 Å². The Hall–Kier alpha value is 0. The van der Waals surface area contributed by atoms with Crippen molar-refractivity contribution in [3.05, 3.63) is 0 Å². The molecule has 0 spiro atoms. The highest BCUT2D eigenvalue weighted by molar-refractivity contribution is 5.06. The summed E-state index contributed by atoms with van der Waals surface area (Å²) in [6.07, 6.45) is 0. The standard InChI is InChI=1S/C11H22/c1-7(2)9-10(8(3)4)11(9,5)6/h7-10H,1-6H3/t9-,10-/m1/s1. The summed E-state index contributed by atoms with van der Waals surface area (Å²) in [5, 5.41) is 0. The number of hydrogen-bond donors (Lipinski definition) is 0. The predicted molar refractivity (Wildman–Crippen MR) is 50.4 cm³/mol. The fraction of sp³-hybridized carbons (Fsp3) is 1.00. The molecular weight excluding hydrogens is 132 g/mol. The van der Waals surface area contributed by atoms with Gasteiger partial charge in [-0.3, -0.25) is 0 Å². The third kappa shape index (κ3) is 1.32. The highest BCUT2D eigenvalue weighted by atomic mass is 14.6. The summed E-state index contributed by atoms with van der Waals surface area (Å²) in [5.41, 5.74) is 0.627. The molecule has 11 heavy (non-hydrogen) atoms. The van der Waals surface area contributed by atoms with Gasteiger partial charge < -0.3 is 0 Å². The molecule has 1 fully saturated rings. The van der Waals surface area contributed by atoms with Crippen LogP contribution >= 0.6 is 0 Å². The van der Waals surface area contributed by atoms with Gasteiger partial charge in [-0.2, -0.15) is 0 Å². The summed E-state index contributed by atoms with van der Waals surface area (Å²) < 4.78 is 0. The van der Waals surface area contributed by atoms with Crippen LogP contribution in [0.2, 0.25) is 0 Å². The van der Waals surface area contributed by atoms with Crippen molar-refractivity contribution in [1.29, 1.82) is 0 Å². The summed E-state index contributed by atoms with van der Waals surface area (Å²) in [5.74, 6) is 3.69. The van der Waals surface area contributed by atoms with Crippen LogP contribution in [0, 0.1) is 29.1 Å². The number of rotatable bonds is 2. The van der Waals surface area contributed by atoms with Crippen molar-refractivity contribution in [2.45, 2.75) is 41.5 Å². The molecule has 0 amide bonds. The molecule has 0 heteroatoms. The van der Waals surface area contributed by atoms with E-state index in [-0.39, 0.29) is 0 Å². The fourth-order valence-corrected chi connectivity index (χ4v) is 3.27. The third-order valence-corrected chi connectivity index (χ3v) is 3.43. The topological polar surface area (TPSA) is 0 Å². The van der Waals surface area contributed by atoms with E-state index in [2.05, 4.69) is 41.5 Å². The minimum Gasteiger partial charge on any atom is -0.0625 e. The zero-order valence-electron chi connectivity index (χ0n) is 8.81. The molecule has 0 saturated heterocycles. The van der Waals surface area contributed by atoms with Crippen LogP contribution in [0.1, 0.15) is 41.5 Å². The number of hydrogen-bond acceptors (Lipinski definition) is 0. The quantitative estimate of drug-likeness (QED) is 0.570. The van der Waals surface area contributed by atoms with Gasteiger partial charge in [0.1, 0.15) is 0 Å². The van der Waals surface area contributed by atoms with E-state index in [0.717, 1.165) is 23.7 Å². The van der Waals surface area contributed by atoms with Crippen molar-refractivity contribution >= 4 is 0 Å². The molecule has 1 saturated carbocycles. The van der Waals surface area contributed by atoms with E-state index in [1.807, 2.05) is 0 Å². The zero-order valence-corrected chi connectivity index (χ0v) is 8.81. The molecule has 0 aromatic rings. The summed E-state index contributed by atoms with van der Waals surface area (Å²) in [4.78, 5) is 0. The Kier molecular flexibility index (Phi) is 2.07. The largest absolute Gasteiger partial charge is 0.0625 e. The van der Waals surface area contributed by atoms with Crippen molar-refractivity contribution in [2.75, 3.05) is 0 Å². The van der Waals surface area contributed by atoms with Gasteiger partial charge in [-0.25, -0.2) is 0 Å². The van der Waals surface area contributed by atoms with Crippen molar-refractivity contribution in [1.82, 2.24) is 0 Å². The van der Waals surface area contributed by atoms with Gasteiger partial charge in [0.2, 0.25) is 0 Å². The van der Waals surface area contributed by atoms with Crippen LogP contribution < -0.4 is 0 Å². The minimum atomic E-state index is 0.627. The van der Waals surface area contributed by atoms with Crippen LogP contribution in [0.3, 0.4) is 0 Å². The normalized spacial score (nSPS) is 34.9. The molecule has 2 atom stereocenters. The van der Waals surface area contributed by atoms with Crippen LogP contribution in [0.5, 0.6) is 0 Å². The Morgan fingerprint density at radius 3 is 1.18 bits per heavy atom. The van der Waals surface area contributed by atoms with Crippen LogP contribution in [0.25, 0.3) is 0 Å². The van der Waals surface area contributed by atoms with Crippen molar-refractivity contribution < 1.29 is 0 Å². The van der Waals surface area contributed by atoms with E-state index >= 15 is 0 Å². The van der Waals surface area contributed by atoms with E-state index in [9.17, 15) is 0 Å². The van der Waals surface area contributed by atoms with E-state index < -0.39 is 0 Å². The van der Waals surface area contributed by atoms with E-state index in [1.54, 1.807) is 0 Å². The maximum Gasteiger partial charge on any atom is -0.0287 e. The monoisotopic (exact) mass is 154 g/mol. The second-order valence-corrected chi connectivity index (χ2v) is 5.36. The molecule has 0 aromatic carbocycles. The lowest BCUT2D eigenvalue weighted by molar-refractivity contribution is 0.448. The van der Waals surface area contributed by atoms with Crippen LogP contribution in [-0.4, -0.2) is 0 Å². The SMILES string of the molecule is CC(C)[C@@H]1[C@@H](C(C)C)C1(C)C. The van der Waals surface area contributed by atoms with Gasteiger partial charge in [-0.1, -0.05) is 41.5 Å². The smallest absolute Gasteiger partial charge is 0.0287 e. The van der Waals surface area contributed by atoms with E-state index in [4.69, 9.17) is 0 Å². The molecule has 0 radical (unpaired) electrons. The van der Waals surface area contributed by atoms with Crippen LogP contribution in [0.4, 0.5) is 0 Å². The van der Waals surface area contributed by atoms with Crippen molar-refractivity contribution in [3.63, 3.8) is 0 Å². The van der Waals surface area contributed by atoms with Crippen LogP contribution in [-0.2, 0) is 0 Å². The van der Waals surface area contributed by atoms with Crippen molar-refractivity contribution in [3.8, 4) is 0 Å². The fourth-order valence-electron chi connectivity index (χ4n) is 3.27. The van der Waals surface area contributed by atoms with Gasteiger partial charge in [-0.05, 0) is 29.1 Å². The Balaban J connectivity index is 2.61. The summed E-state index contributed by atoms with van der Waals surface area (Å²) in [6.45, 7) is 14.3. The van der Waals surface area contributed by atoms with Crippen molar-refractivity contribution in [2.24, 2.45) is 29.1 Å². The summed E-state index contributed by atoms with van der Waals surface area (Å²) >= 11 is 0. The molecule has 0 heterocycles. The van der Waals surface area contributed by atoms with E-state index in [1.165, 1.54) is 0 Å². The molecule has 0 N–H and O–H groups in total. The maximum absolute atomic E-state index is 2.42. The molecule has 1 aliphatic rings. The first-order valence-corrected chi connectivity index (χ1v) is 4.89. The highest BCUT2D eigenvalue weighted by Crippen LogP contribution is 2.64. The Morgan fingerprint density at radius 1 is 0.818 bits per heavy atom. The lowest BCUT2D eigenvalue weighted by Gasteiger charge is -2.04. The van der Waals surface area contributed by atoms with Crippen LogP contribution in [0.15, 0.2) is 0 Å². The average Bonchev–Trinajstić information content (AvgIpc) is 2.33. The van der Waals surface area contributed by atoms with Gasteiger partial charge in [-0.15, -0.1) is 0 Å². The average molecular weight is 154 g/mol. The molecule has 0 bridgehead atoms. The maximum atomic E-state index is 2.42. The van der Waals surface area contributed by atoms with Gasteiger partial charge in [0, 0.05) is 0 Å². The first-order chi connectivity index (χ1) is 4.89. The zero-order chi connectivity index (χ0) is 8.81. The third-order valence-electron chi connectivity index (χ3n) is 3.43. The van der Waals surface area contributed by atoms with E-state index in [0.29, 0.717) is 5.41 Å². The lowest BCUT2D eigenvalue weighted by Crippen LogP contribution is -1.97.